The van der Waals surface area contributed by atoms with E-state index in [1.807, 2.05) is 30.3 Å². The number of halogens is 1. The molecule has 3 nitrogen and oxygen atoms in total. The van der Waals surface area contributed by atoms with Crippen LogP contribution in [0, 0.1) is 0 Å². The standard InChI is InChI=1S/C16H16ClNO2/c1-2-15(19)18-14-9-8-12(17)10-13(14)16(20)11-6-4-3-5-7-11/h3-10,16,20H,2H2,1H3,(H,18,19)/t16-/m1/s1. The molecule has 0 aromatic heterocycles. The molecule has 20 heavy (non-hydrogen) atoms. The molecule has 0 heterocycles. The predicted molar refractivity (Wildman–Crippen MR) is 80.9 cm³/mol. The fourth-order valence-electron chi connectivity index (χ4n) is 1.93. The van der Waals surface area contributed by atoms with E-state index < -0.39 is 6.10 Å². The number of rotatable bonds is 4. The average Bonchev–Trinajstić information content (AvgIpc) is 2.49. The Bertz CT molecular complexity index is 599. The van der Waals surface area contributed by atoms with Crippen LogP contribution in [-0.4, -0.2) is 11.0 Å². The summed E-state index contributed by atoms with van der Waals surface area (Å²) in [4.78, 5) is 11.6. The third-order valence-corrected chi connectivity index (χ3v) is 3.25. The lowest BCUT2D eigenvalue weighted by molar-refractivity contribution is -0.115. The Morgan fingerprint density at radius 3 is 2.60 bits per heavy atom. The molecular formula is C16H16ClNO2. The predicted octanol–water partition coefficient (Wildman–Crippen LogP) is 3.77. The SMILES string of the molecule is CCC(=O)Nc1ccc(Cl)cc1[C@H](O)c1ccccc1. The van der Waals surface area contributed by atoms with Gasteiger partial charge in [-0.3, -0.25) is 4.79 Å². The van der Waals surface area contributed by atoms with E-state index in [4.69, 9.17) is 11.6 Å². The van der Waals surface area contributed by atoms with Gasteiger partial charge in [-0.05, 0) is 23.8 Å². The van der Waals surface area contributed by atoms with Crippen molar-refractivity contribution < 1.29 is 9.90 Å². The molecule has 2 N–H and O–H groups in total. The number of nitrogens with one attached hydrogen (secondary N) is 1. The number of amides is 1. The van der Waals surface area contributed by atoms with Crippen molar-refractivity contribution in [3.8, 4) is 0 Å². The fraction of sp³-hybridized carbons (Fsp3) is 0.188. The van der Waals surface area contributed by atoms with Gasteiger partial charge >= 0.3 is 0 Å². The minimum atomic E-state index is -0.831. The van der Waals surface area contributed by atoms with Crippen LogP contribution in [0.15, 0.2) is 48.5 Å². The van der Waals surface area contributed by atoms with Crippen molar-refractivity contribution in [1.82, 2.24) is 0 Å². The van der Waals surface area contributed by atoms with Gasteiger partial charge < -0.3 is 10.4 Å². The molecule has 4 heteroatoms. The van der Waals surface area contributed by atoms with Crippen molar-refractivity contribution in [2.75, 3.05) is 5.32 Å². The second kappa shape index (κ2) is 6.55. The van der Waals surface area contributed by atoms with Crippen LogP contribution in [0.5, 0.6) is 0 Å². The molecule has 0 saturated carbocycles. The maximum absolute atomic E-state index is 11.6. The highest BCUT2D eigenvalue weighted by molar-refractivity contribution is 6.30. The van der Waals surface area contributed by atoms with Crippen molar-refractivity contribution in [3.63, 3.8) is 0 Å². The first-order chi connectivity index (χ1) is 9.61. The average molecular weight is 290 g/mol. The molecule has 1 atom stereocenters. The fourth-order valence-corrected chi connectivity index (χ4v) is 2.11. The van der Waals surface area contributed by atoms with Crippen LogP contribution in [0.4, 0.5) is 5.69 Å². The molecule has 0 aliphatic rings. The van der Waals surface area contributed by atoms with E-state index in [0.29, 0.717) is 22.7 Å². The Balaban J connectivity index is 2.38. The van der Waals surface area contributed by atoms with Crippen molar-refractivity contribution in [2.45, 2.75) is 19.4 Å². The molecular weight excluding hydrogens is 274 g/mol. The molecule has 0 radical (unpaired) electrons. The minimum absolute atomic E-state index is 0.103. The van der Waals surface area contributed by atoms with Crippen LogP contribution in [0.3, 0.4) is 0 Å². The summed E-state index contributed by atoms with van der Waals surface area (Å²) in [6, 6.07) is 14.3. The van der Waals surface area contributed by atoms with Gasteiger partial charge in [-0.1, -0.05) is 48.9 Å². The van der Waals surface area contributed by atoms with Gasteiger partial charge in [0.25, 0.3) is 0 Å². The van der Waals surface area contributed by atoms with Gasteiger partial charge in [0.2, 0.25) is 5.91 Å². The van der Waals surface area contributed by atoms with Gasteiger partial charge in [0, 0.05) is 22.7 Å². The summed E-state index contributed by atoms with van der Waals surface area (Å²) in [7, 11) is 0. The van der Waals surface area contributed by atoms with Crippen LogP contribution in [-0.2, 0) is 4.79 Å². The maximum atomic E-state index is 11.6. The Labute approximate surface area is 123 Å². The third kappa shape index (κ3) is 3.38. The highest BCUT2D eigenvalue weighted by atomic mass is 35.5. The summed E-state index contributed by atoms with van der Waals surface area (Å²) in [5.74, 6) is -0.103. The molecule has 104 valence electrons. The minimum Gasteiger partial charge on any atom is -0.384 e. The number of benzene rings is 2. The Morgan fingerprint density at radius 1 is 1.25 bits per heavy atom. The summed E-state index contributed by atoms with van der Waals surface area (Å²) in [6.07, 6.45) is -0.453. The number of hydrogen-bond donors (Lipinski definition) is 2. The molecule has 0 bridgehead atoms. The summed E-state index contributed by atoms with van der Waals surface area (Å²) in [5.41, 5.74) is 1.92. The Morgan fingerprint density at radius 2 is 1.95 bits per heavy atom. The molecule has 0 saturated heterocycles. The van der Waals surface area contributed by atoms with E-state index in [9.17, 15) is 9.90 Å². The van der Waals surface area contributed by atoms with Crippen molar-refractivity contribution >= 4 is 23.2 Å². The molecule has 0 aliphatic heterocycles. The van der Waals surface area contributed by atoms with Gasteiger partial charge in [-0.25, -0.2) is 0 Å². The van der Waals surface area contributed by atoms with E-state index >= 15 is 0 Å². The summed E-state index contributed by atoms with van der Waals surface area (Å²) in [5, 5.41) is 13.8. The maximum Gasteiger partial charge on any atom is 0.224 e. The van der Waals surface area contributed by atoms with Crippen molar-refractivity contribution in [3.05, 3.63) is 64.7 Å². The van der Waals surface area contributed by atoms with Crippen LogP contribution in [0.1, 0.15) is 30.6 Å². The Kier molecular flexibility index (Phi) is 4.77. The van der Waals surface area contributed by atoms with E-state index in [2.05, 4.69) is 5.32 Å². The second-order valence-electron chi connectivity index (χ2n) is 4.45. The molecule has 2 aromatic rings. The number of carbonyl (C=O) groups excluding carboxylic acids is 1. The molecule has 0 spiro atoms. The van der Waals surface area contributed by atoms with Gasteiger partial charge in [0.05, 0.1) is 0 Å². The monoisotopic (exact) mass is 289 g/mol. The number of anilines is 1. The molecule has 0 aliphatic carbocycles. The second-order valence-corrected chi connectivity index (χ2v) is 4.88. The highest BCUT2D eigenvalue weighted by Crippen LogP contribution is 2.30. The molecule has 0 fully saturated rings. The Hall–Kier alpha value is -1.84. The lowest BCUT2D eigenvalue weighted by atomic mass is 10.00. The topological polar surface area (TPSA) is 49.3 Å². The summed E-state index contributed by atoms with van der Waals surface area (Å²) in [6.45, 7) is 1.78. The van der Waals surface area contributed by atoms with E-state index in [-0.39, 0.29) is 5.91 Å². The number of hydrogen-bond acceptors (Lipinski definition) is 2. The van der Waals surface area contributed by atoms with Crippen LogP contribution in [0.2, 0.25) is 5.02 Å². The van der Waals surface area contributed by atoms with E-state index in [1.165, 1.54) is 0 Å². The van der Waals surface area contributed by atoms with Gasteiger partial charge in [-0.2, -0.15) is 0 Å². The first kappa shape index (κ1) is 14.6. The largest absolute Gasteiger partial charge is 0.384 e. The van der Waals surface area contributed by atoms with Crippen molar-refractivity contribution in [1.29, 1.82) is 0 Å². The summed E-state index contributed by atoms with van der Waals surface area (Å²) >= 11 is 5.99. The van der Waals surface area contributed by atoms with Crippen LogP contribution in [0.25, 0.3) is 0 Å². The number of carbonyl (C=O) groups is 1. The van der Waals surface area contributed by atoms with Crippen LogP contribution >= 0.6 is 11.6 Å². The normalized spacial score (nSPS) is 11.9. The van der Waals surface area contributed by atoms with Gasteiger partial charge in [-0.15, -0.1) is 0 Å². The third-order valence-electron chi connectivity index (χ3n) is 3.02. The van der Waals surface area contributed by atoms with Gasteiger partial charge in [0.15, 0.2) is 0 Å². The summed E-state index contributed by atoms with van der Waals surface area (Å²) < 4.78 is 0. The number of aliphatic hydroxyl groups excluding tert-OH is 1. The molecule has 1 amide bonds. The number of aliphatic hydroxyl groups is 1. The van der Waals surface area contributed by atoms with Crippen molar-refractivity contribution in [2.24, 2.45) is 0 Å². The lowest BCUT2D eigenvalue weighted by Crippen LogP contribution is -2.13. The van der Waals surface area contributed by atoms with E-state index in [1.54, 1.807) is 25.1 Å². The first-order valence-electron chi connectivity index (χ1n) is 6.44. The highest BCUT2D eigenvalue weighted by Gasteiger charge is 2.16. The van der Waals surface area contributed by atoms with E-state index in [0.717, 1.165) is 5.56 Å². The zero-order valence-corrected chi connectivity index (χ0v) is 11.9. The molecule has 0 unspecified atom stereocenters. The quantitative estimate of drug-likeness (QED) is 0.900. The smallest absolute Gasteiger partial charge is 0.224 e. The zero-order valence-electron chi connectivity index (χ0n) is 11.1. The molecule has 2 aromatic carbocycles. The zero-order chi connectivity index (χ0) is 14.5. The first-order valence-corrected chi connectivity index (χ1v) is 6.82. The van der Waals surface area contributed by atoms with Gasteiger partial charge in [0.1, 0.15) is 6.10 Å². The molecule has 2 rings (SSSR count). The van der Waals surface area contributed by atoms with Crippen LogP contribution < -0.4 is 5.32 Å². The lowest BCUT2D eigenvalue weighted by Gasteiger charge is -2.17.